The highest BCUT2D eigenvalue weighted by Crippen LogP contribution is 2.29. The number of carbonyl (C=O) groups excluding carboxylic acids is 4. The molecule has 4 amide bonds. The lowest BCUT2D eigenvalue weighted by Crippen LogP contribution is -2.57. The Kier molecular flexibility index (Phi) is 12.2. The maximum atomic E-state index is 13.9. The molecule has 1 aromatic carbocycles. The third-order valence-corrected chi connectivity index (χ3v) is 9.33. The number of amides is 4. The van der Waals surface area contributed by atoms with Crippen LogP contribution in [0.3, 0.4) is 0 Å². The molecule has 4 atom stereocenters. The molecule has 0 unspecified atom stereocenters. The number of aliphatic hydroxyl groups excluding tert-OH is 1. The third-order valence-electron chi connectivity index (χ3n) is 8.35. The average Bonchev–Trinajstić information content (AvgIpc) is 3.66. The summed E-state index contributed by atoms with van der Waals surface area (Å²) in [6.45, 7) is 9.94. The van der Waals surface area contributed by atoms with Crippen LogP contribution in [-0.4, -0.2) is 74.9 Å². The van der Waals surface area contributed by atoms with Crippen LogP contribution < -0.4 is 16.0 Å². The summed E-state index contributed by atoms with van der Waals surface area (Å²) in [7, 11) is 0. The number of unbranched alkanes of at least 4 members (excludes halogenated alkanes) is 2. The number of aryl methyl sites for hydroxylation is 1. The molecule has 11 nitrogen and oxygen atoms in total. The lowest BCUT2D eigenvalue weighted by Gasteiger charge is -2.35. The summed E-state index contributed by atoms with van der Waals surface area (Å²) in [4.78, 5) is 63.2. The van der Waals surface area contributed by atoms with Crippen LogP contribution >= 0.6 is 11.3 Å². The maximum Gasteiger partial charge on any atom is 0.252 e. The lowest BCUT2D eigenvalue weighted by atomic mass is 9.85. The van der Waals surface area contributed by atoms with Crippen molar-refractivity contribution in [2.75, 3.05) is 13.1 Å². The first-order valence-corrected chi connectivity index (χ1v) is 17.0. The van der Waals surface area contributed by atoms with Crippen molar-refractivity contribution in [3.8, 4) is 10.4 Å². The lowest BCUT2D eigenvalue weighted by molar-refractivity contribution is -0.144. The smallest absolute Gasteiger partial charge is 0.252 e. The number of likely N-dealkylation sites (tertiary alicyclic amines) is 1. The molecule has 1 aliphatic rings. The summed E-state index contributed by atoms with van der Waals surface area (Å²) in [5, 5.41) is 19.3. The largest absolute Gasteiger partial charge is 0.391 e. The Morgan fingerprint density at radius 2 is 1.81 bits per heavy atom. The number of benzene rings is 1. The van der Waals surface area contributed by atoms with Crippen LogP contribution in [0.15, 0.2) is 54.3 Å². The molecule has 3 aromatic rings. The van der Waals surface area contributed by atoms with E-state index in [-0.39, 0.29) is 43.1 Å². The number of aliphatic hydroxyl groups is 1. The van der Waals surface area contributed by atoms with Crippen molar-refractivity contribution < 1.29 is 24.3 Å². The fraction of sp³-hybridized carbons (Fsp3) is 0.486. The standard InChI is InChI=1S/C35H46N6O5S/c1-22(24-12-14-25(15-13-24)30-23(2)38-21-47-30)39-33(45)28-18-27(42)20-41(28)34(46)31(35(3,4)5)40-29(43)11-7-6-8-17-37-32(44)26-10-9-16-36-19-26/h9-10,12-16,19,21-22,27-28,31,42H,6-8,11,17-18,20H2,1-5H3,(H,37,44)(H,39,45)(H,40,43)/t22-,27+,28-,31+/m0/s1. The SMILES string of the molecule is Cc1ncsc1-c1ccc([C@H](C)NC(=O)[C@@H]2C[C@@H](O)CN2C(=O)[C@@H](NC(=O)CCCCCNC(=O)c2cccnc2)C(C)(C)C)cc1. The Morgan fingerprint density at radius 3 is 2.45 bits per heavy atom. The fourth-order valence-electron chi connectivity index (χ4n) is 5.64. The zero-order valence-corrected chi connectivity index (χ0v) is 28.6. The molecule has 1 aliphatic heterocycles. The molecule has 47 heavy (non-hydrogen) atoms. The van der Waals surface area contributed by atoms with Crippen LogP contribution in [0.5, 0.6) is 0 Å². The molecular formula is C35H46N6O5S. The van der Waals surface area contributed by atoms with Gasteiger partial charge in [0.1, 0.15) is 12.1 Å². The van der Waals surface area contributed by atoms with E-state index in [1.807, 2.05) is 64.4 Å². The molecule has 0 spiro atoms. The summed E-state index contributed by atoms with van der Waals surface area (Å²) in [6, 6.07) is 9.29. The van der Waals surface area contributed by atoms with E-state index in [1.54, 1.807) is 29.7 Å². The summed E-state index contributed by atoms with van der Waals surface area (Å²) in [5.41, 5.74) is 4.62. The van der Waals surface area contributed by atoms with Gasteiger partial charge in [-0.2, -0.15) is 0 Å². The van der Waals surface area contributed by atoms with Gasteiger partial charge in [-0.1, -0.05) is 51.5 Å². The number of thiazole rings is 1. The van der Waals surface area contributed by atoms with E-state index in [9.17, 15) is 24.3 Å². The highest BCUT2D eigenvalue weighted by Gasteiger charge is 2.44. The highest BCUT2D eigenvalue weighted by atomic mass is 32.1. The third kappa shape index (κ3) is 9.68. The molecule has 252 valence electrons. The molecular weight excluding hydrogens is 616 g/mol. The molecule has 0 saturated carbocycles. The van der Waals surface area contributed by atoms with Gasteiger partial charge in [0.25, 0.3) is 5.91 Å². The van der Waals surface area contributed by atoms with Crippen LogP contribution in [0, 0.1) is 12.3 Å². The van der Waals surface area contributed by atoms with E-state index in [1.165, 1.54) is 11.1 Å². The van der Waals surface area contributed by atoms with Crippen molar-refractivity contribution in [3.05, 3.63) is 71.1 Å². The minimum absolute atomic E-state index is 0.0153. The van der Waals surface area contributed by atoms with Crippen molar-refractivity contribution in [2.24, 2.45) is 5.41 Å². The van der Waals surface area contributed by atoms with Gasteiger partial charge in [0.15, 0.2) is 0 Å². The highest BCUT2D eigenvalue weighted by molar-refractivity contribution is 7.13. The second-order valence-electron chi connectivity index (χ2n) is 13.2. The van der Waals surface area contributed by atoms with Crippen LogP contribution in [0.2, 0.25) is 0 Å². The molecule has 1 fully saturated rings. The van der Waals surface area contributed by atoms with E-state index >= 15 is 0 Å². The number of hydrogen-bond acceptors (Lipinski definition) is 8. The number of pyridine rings is 1. The Balaban J connectivity index is 1.29. The fourth-order valence-corrected chi connectivity index (χ4v) is 6.45. The number of carbonyl (C=O) groups is 4. The molecule has 1 saturated heterocycles. The first-order chi connectivity index (χ1) is 22.3. The van der Waals surface area contributed by atoms with Gasteiger partial charge >= 0.3 is 0 Å². The average molecular weight is 663 g/mol. The Labute approximate surface area is 280 Å². The Morgan fingerprint density at radius 1 is 1.06 bits per heavy atom. The van der Waals surface area contributed by atoms with Gasteiger partial charge < -0.3 is 26.0 Å². The summed E-state index contributed by atoms with van der Waals surface area (Å²) in [5.74, 6) is -1.19. The number of nitrogens with zero attached hydrogens (tertiary/aromatic N) is 3. The molecule has 2 aromatic heterocycles. The first kappa shape index (κ1) is 35.7. The number of nitrogens with one attached hydrogen (secondary N) is 3. The molecule has 0 bridgehead atoms. The molecule has 3 heterocycles. The van der Waals surface area contributed by atoms with E-state index in [2.05, 4.69) is 25.9 Å². The monoisotopic (exact) mass is 662 g/mol. The van der Waals surface area contributed by atoms with E-state index in [0.717, 1.165) is 28.1 Å². The summed E-state index contributed by atoms with van der Waals surface area (Å²) < 4.78 is 0. The van der Waals surface area contributed by atoms with Crippen LogP contribution in [0.4, 0.5) is 0 Å². The number of hydrogen-bond donors (Lipinski definition) is 4. The molecule has 12 heteroatoms. The molecule has 4 N–H and O–H groups in total. The quantitative estimate of drug-likeness (QED) is 0.200. The van der Waals surface area contributed by atoms with Crippen LogP contribution in [0.25, 0.3) is 10.4 Å². The van der Waals surface area contributed by atoms with Gasteiger partial charge in [0.05, 0.1) is 33.8 Å². The minimum atomic E-state index is -0.880. The second-order valence-corrected chi connectivity index (χ2v) is 14.0. The number of aromatic nitrogens is 2. The Hall–Kier alpha value is -4.16. The van der Waals surface area contributed by atoms with Crippen molar-refractivity contribution in [2.45, 2.75) is 91.0 Å². The van der Waals surface area contributed by atoms with Crippen molar-refractivity contribution in [1.29, 1.82) is 0 Å². The van der Waals surface area contributed by atoms with Gasteiger partial charge in [-0.15, -0.1) is 11.3 Å². The van der Waals surface area contributed by atoms with Crippen molar-refractivity contribution >= 4 is 35.0 Å². The predicted octanol–water partition coefficient (Wildman–Crippen LogP) is 4.17. The van der Waals surface area contributed by atoms with Crippen molar-refractivity contribution in [1.82, 2.24) is 30.8 Å². The van der Waals surface area contributed by atoms with Gasteiger partial charge in [-0.3, -0.25) is 24.2 Å². The van der Waals surface area contributed by atoms with Crippen molar-refractivity contribution in [3.63, 3.8) is 0 Å². The predicted molar refractivity (Wildman–Crippen MR) is 181 cm³/mol. The van der Waals surface area contributed by atoms with E-state index in [4.69, 9.17) is 0 Å². The maximum absolute atomic E-state index is 13.9. The molecule has 0 aliphatic carbocycles. The van der Waals surface area contributed by atoms with Crippen LogP contribution in [-0.2, 0) is 14.4 Å². The van der Waals surface area contributed by atoms with Gasteiger partial charge in [0.2, 0.25) is 17.7 Å². The molecule has 0 radical (unpaired) electrons. The zero-order chi connectivity index (χ0) is 34.1. The molecule has 4 rings (SSSR count). The topological polar surface area (TPSA) is 154 Å². The van der Waals surface area contributed by atoms with E-state index < -0.39 is 29.5 Å². The van der Waals surface area contributed by atoms with Crippen LogP contribution in [0.1, 0.15) is 87.5 Å². The minimum Gasteiger partial charge on any atom is -0.391 e. The zero-order valence-electron chi connectivity index (χ0n) is 27.8. The van der Waals surface area contributed by atoms with E-state index in [0.29, 0.717) is 24.9 Å². The number of rotatable bonds is 13. The summed E-state index contributed by atoms with van der Waals surface area (Å²) in [6.07, 6.45) is 4.64. The van der Waals surface area contributed by atoms with Gasteiger partial charge in [-0.25, -0.2) is 4.98 Å². The number of β-amino-alcohol motifs (C(OH)–C–C–N with tert-alkyl or cyclic N) is 1. The Bertz CT molecular complexity index is 1520. The van der Waals surface area contributed by atoms with Gasteiger partial charge in [0, 0.05) is 38.3 Å². The normalized spacial score (nSPS) is 17.5. The first-order valence-electron chi connectivity index (χ1n) is 16.1. The second kappa shape index (κ2) is 16.1. The summed E-state index contributed by atoms with van der Waals surface area (Å²) >= 11 is 1.58. The van der Waals surface area contributed by atoms with Gasteiger partial charge in [-0.05, 0) is 55.4 Å².